The SMILES string of the molecule is C[Si](C)(c1ccc(-c2ccc(Br)s2)s1)[Si](C)([Si](C)(C)c1ccc(-c2ccc(Br)s2)s1)[Si](C)(C)c1ccc(-c2ccc(Br)s2)s1. The Hall–Kier alpha value is 0.508. The van der Waals surface area contributed by atoms with Gasteiger partial charge in [-0.2, -0.15) is 0 Å². The van der Waals surface area contributed by atoms with Gasteiger partial charge in [0.1, 0.15) is 0 Å². The Bertz CT molecular complexity index is 1720. The van der Waals surface area contributed by atoms with Crippen molar-refractivity contribution in [2.24, 2.45) is 0 Å². The van der Waals surface area contributed by atoms with Crippen molar-refractivity contribution in [3.8, 4) is 29.3 Å². The van der Waals surface area contributed by atoms with Crippen LogP contribution in [0.2, 0.25) is 45.8 Å². The van der Waals surface area contributed by atoms with Crippen molar-refractivity contribution in [3.63, 3.8) is 0 Å². The molecule has 6 heterocycles. The summed E-state index contributed by atoms with van der Waals surface area (Å²) in [4.78, 5) is 8.41. The van der Waals surface area contributed by atoms with E-state index in [1.54, 1.807) is 13.5 Å². The third-order valence-electron chi connectivity index (χ3n) is 9.86. The van der Waals surface area contributed by atoms with Gasteiger partial charge in [-0.25, -0.2) is 0 Å². The van der Waals surface area contributed by atoms with Gasteiger partial charge in [-0.3, -0.25) is 0 Å². The van der Waals surface area contributed by atoms with Crippen LogP contribution in [0.4, 0.5) is 0 Å². The average Bonchev–Trinajstić information content (AvgIpc) is 3.79. The maximum absolute atomic E-state index is 3.70. The van der Waals surface area contributed by atoms with E-state index in [-0.39, 0.29) is 0 Å². The third kappa shape index (κ3) is 5.89. The molecular formula is C31H33Br3S6Si4. The fourth-order valence-electron chi connectivity index (χ4n) is 6.84. The van der Waals surface area contributed by atoms with E-state index in [0.717, 1.165) is 0 Å². The van der Waals surface area contributed by atoms with E-state index in [4.69, 9.17) is 0 Å². The summed E-state index contributed by atoms with van der Waals surface area (Å²) in [5, 5.41) is 0. The van der Waals surface area contributed by atoms with Crippen molar-refractivity contribution < 1.29 is 0 Å². The second-order valence-corrected chi connectivity index (χ2v) is 62.9. The van der Waals surface area contributed by atoms with Crippen LogP contribution in [0.5, 0.6) is 0 Å². The van der Waals surface area contributed by atoms with Crippen molar-refractivity contribution in [1.29, 1.82) is 0 Å². The van der Waals surface area contributed by atoms with Crippen LogP contribution in [0.15, 0.2) is 84.2 Å². The fourth-order valence-corrected chi connectivity index (χ4v) is 106. The van der Waals surface area contributed by atoms with Gasteiger partial charge < -0.3 is 0 Å². The van der Waals surface area contributed by atoms with E-state index in [9.17, 15) is 0 Å². The monoisotopic (exact) mass is 946 g/mol. The molecule has 0 atom stereocenters. The van der Waals surface area contributed by atoms with Crippen LogP contribution in [0.25, 0.3) is 29.3 Å². The van der Waals surface area contributed by atoms with Crippen molar-refractivity contribution in [1.82, 2.24) is 0 Å². The highest BCUT2D eigenvalue weighted by molar-refractivity contribution is 9.11. The topological polar surface area (TPSA) is 0 Å². The summed E-state index contributed by atoms with van der Waals surface area (Å²) >= 11 is 22.9. The zero-order chi connectivity index (χ0) is 31.7. The number of hydrogen-bond donors (Lipinski definition) is 0. The molecule has 6 rings (SSSR count). The van der Waals surface area contributed by atoms with E-state index in [0.29, 0.717) is 0 Å². The molecule has 13 heteroatoms. The lowest BCUT2D eigenvalue weighted by Gasteiger charge is -2.57. The zero-order valence-corrected chi connectivity index (χ0v) is 39.2. The molecule has 0 aliphatic carbocycles. The van der Waals surface area contributed by atoms with Crippen LogP contribution in [0.1, 0.15) is 0 Å². The Morgan fingerprint density at radius 3 is 0.795 bits per heavy atom. The van der Waals surface area contributed by atoms with Crippen LogP contribution >= 0.6 is 116 Å². The highest BCUT2D eigenvalue weighted by Gasteiger charge is 2.66. The second kappa shape index (κ2) is 12.8. The van der Waals surface area contributed by atoms with E-state index in [2.05, 4.69) is 200 Å². The second-order valence-electron chi connectivity index (χ2n) is 12.8. The number of halogens is 3. The molecule has 0 aliphatic rings. The van der Waals surface area contributed by atoms with Crippen LogP contribution in [-0.4, -0.2) is 29.4 Å². The molecule has 0 aromatic carbocycles. The van der Waals surface area contributed by atoms with Crippen molar-refractivity contribution in [3.05, 3.63) is 84.2 Å². The number of rotatable bonds is 9. The van der Waals surface area contributed by atoms with Crippen LogP contribution < -0.4 is 13.5 Å². The quantitative estimate of drug-likeness (QED) is 0.127. The Morgan fingerprint density at radius 2 is 0.568 bits per heavy atom. The molecule has 6 aromatic rings. The van der Waals surface area contributed by atoms with Gasteiger partial charge in [0.15, 0.2) is 0 Å². The lowest BCUT2D eigenvalue weighted by Crippen LogP contribution is -2.90. The first kappa shape index (κ1) is 34.4. The van der Waals surface area contributed by atoms with Crippen LogP contribution in [0, 0.1) is 0 Å². The minimum absolute atomic E-state index is 1.21. The summed E-state index contributed by atoms with van der Waals surface area (Å²) in [7, 11) is -5.79. The molecule has 0 saturated carbocycles. The minimum Gasteiger partial charge on any atom is -0.144 e. The molecule has 0 bridgehead atoms. The molecule has 0 radical (unpaired) electrons. The molecule has 0 unspecified atom stereocenters. The summed E-state index contributed by atoms with van der Waals surface area (Å²) < 4.78 is 8.72. The summed E-state index contributed by atoms with van der Waals surface area (Å²) in [6, 6.07) is 28.2. The van der Waals surface area contributed by atoms with Crippen LogP contribution in [0.3, 0.4) is 0 Å². The summed E-state index contributed by atoms with van der Waals surface area (Å²) in [6.07, 6.45) is 0. The van der Waals surface area contributed by atoms with Gasteiger partial charge in [-0.1, -0.05) is 64.0 Å². The van der Waals surface area contributed by atoms with Crippen molar-refractivity contribution in [2.45, 2.75) is 45.8 Å². The lowest BCUT2D eigenvalue weighted by molar-refractivity contribution is 1.80. The first-order chi connectivity index (χ1) is 20.6. The highest BCUT2D eigenvalue weighted by Crippen LogP contribution is 2.43. The average molecular weight is 950 g/mol. The maximum atomic E-state index is 3.70. The molecule has 6 aromatic heterocycles. The van der Waals surface area contributed by atoms with Gasteiger partial charge in [0, 0.05) is 29.3 Å². The number of hydrogen-bond acceptors (Lipinski definition) is 6. The third-order valence-corrected chi connectivity index (χ3v) is 95.5. The largest absolute Gasteiger partial charge is 0.144 e. The molecule has 0 fully saturated rings. The fraction of sp³-hybridized carbons (Fsp3) is 0.226. The molecule has 230 valence electrons. The summed E-state index contributed by atoms with van der Waals surface area (Å²) in [5.74, 6) is 0. The zero-order valence-electron chi connectivity index (χ0n) is 25.5. The Kier molecular flexibility index (Phi) is 9.96. The molecule has 44 heavy (non-hydrogen) atoms. The van der Waals surface area contributed by atoms with Gasteiger partial charge in [-0.15, -0.1) is 68.0 Å². The maximum Gasteiger partial charge on any atom is 0.0827 e. The molecule has 0 spiro atoms. The Morgan fingerprint density at radius 1 is 0.341 bits per heavy atom. The van der Waals surface area contributed by atoms with Gasteiger partial charge in [-0.05, 0) is 116 Å². The molecule has 0 nitrogen and oxygen atoms in total. The Labute approximate surface area is 314 Å². The van der Waals surface area contributed by atoms with E-state index < -0.39 is 29.4 Å². The van der Waals surface area contributed by atoms with Gasteiger partial charge in [0.2, 0.25) is 0 Å². The first-order valence-corrected chi connectivity index (χ1v) is 36.0. The Balaban J connectivity index is 1.50. The normalized spacial score (nSPS) is 13.2. The lowest BCUT2D eigenvalue weighted by atomic mass is 10.4. The molecule has 0 amide bonds. The molecule has 0 N–H and O–H groups in total. The predicted molar refractivity (Wildman–Crippen MR) is 229 cm³/mol. The summed E-state index contributed by atoms with van der Waals surface area (Å²) in [5.41, 5.74) is 0. The van der Waals surface area contributed by atoms with E-state index in [1.807, 2.05) is 34.0 Å². The van der Waals surface area contributed by atoms with Gasteiger partial charge in [0.25, 0.3) is 0 Å². The standard InChI is InChI=1S/C31H33Br3S6Si4/c1-41(2,29-17-11-23(38-29)20-8-14-26(32)35-20)44(7,42(3,4)30-18-12-24(39-30)21-9-15-27(33)36-21)43(5,6)31-19-13-25(40-31)22-10-16-28(34)37-22/h8-19H,1-7H3. The van der Waals surface area contributed by atoms with Crippen LogP contribution in [-0.2, 0) is 0 Å². The first-order valence-electron chi connectivity index (χ1n) is 14.2. The van der Waals surface area contributed by atoms with E-state index >= 15 is 0 Å². The summed E-state index contributed by atoms with van der Waals surface area (Å²) in [6.45, 7) is 17.5. The molecule has 0 aliphatic heterocycles. The van der Waals surface area contributed by atoms with Crippen molar-refractivity contribution in [2.75, 3.05) is 0 Å². The van der Waals surface area contributed by atoms with Crippen molar-refractivity contribution >= 4 is 159 Å². The number of thiophene rings is 6. The molecular weight excluding hydrogens is 917 g/mol. The molecule has 0 saturated heterocycles. The minimum atomic E-state index is -1.97. The smallest absolute Gasteiger partial charge is 0.0827 e. The van der Waals surface area contributed by atoms with E-state index in [1.165, 1.54) is 40.6 Å². The highest BCUT2D eigenvalue weighted by atomic mass is 79.9. The predicted octanol–water partition coefficient (Wildman–Crippen LogP) is 12.8. The van der Waals surface area contributed by atoms with Gasteiger partial charge in [0.05, 0.1) is 40.8 Å². The van der Waals surface area contributed by atoms with Gasteiger partial charge >= 0.3 is 0 Å².